The molecule has 0 saturated carbocycles. The van der Waals surface area contributed by atoms with Crippen LogP contribution in [0.2, 0.25) is 0 Å². The standard InChI is InChI=1S/C24H20N2O4S/c1-2-31(29,30)17-12-13-23(27)22(14-17)26-24(28)19-15-21(16-8-4-3-5-9-16)25-20-11-7-6-10-18(19)20/h3-15,27H,2H2,1H3,(H,26,28). The zero-order chi connectivity index (χ0) is 22.0. The number of hydrogen-bond donors (Lipinski definition) is 2. The van der Waals surface area contributed by atoms with E-state index < -0.39 is 15.7 Å². The third-order valence-electron chi connectivity index (χ3n) is 4.99. The van der Waals surface area contributed by atoms with Crippen LogP contribution in [0.5, 0.6) is 5.75 Å². The number of nitrogens with one attached hydrogen (secondary N) is 1. The second-order valence-electron chi connectivity index (χ2n) is 6.97. The third-order valence-corrected chi connectivity index (χ3v) is 6.72. The molecule has 0 bridgehead atoms. The van der Waals surface area contributed by atoms with E-state index in [-0.39, 0.29) is 22.1 Å². The van der Waals surface area contributed by atoms with E-state index in [1.807, 2.05) is 48.5 Å². The van der Waals surface area contributed by atoms with Gasteiger partial charge in [-0.25, -0.2) is 13.4 Å². The van der Waals surface area contributed by atoms with Crippen molar-refractivity contribution in [2.45, 2.75) is 11.8 Å². The highest BCUT2D eigenvalue weighted by Crippen LogP contribution is 2.29. The lowest BCUT2D eigenvalue weighted by atomic mass is 10.0. The topological polar surface area (TPSA) is 96.4 Å². The fraction of sp³-hybridized carbons (Fsp3) is 0.0833. The Bertz CT molecular complexity index is 1380. The van der Waals surface area contributed by atoms with Gasteiger partial charge in [-0.05, 0) is 30.3 Å². The number of anilines is 1. The van der Waals surface area contributed by atoms with Crippen molar-refractivity contribution < 1.29 is 18.3 Å². The van der Waals surface area contributed by atoms with Crippen LogP contribution in [-0.2, 0) is 9.84 Å². The van der Waals surface area contributed by atoms with Gasteiger partial charge in [0, 0.05) is 10.9 Å². The Balaban J connectivity index is 1.79. The number of benzene rings is 3. The number of aromatic hydroxyl groups is 1. The third kappa shape index (κ3) is 4.13. The summed E-state index contributed by atoms with van der Waals surface area (Å²) < 4.78 is 24.4. The Morgan fingerprint density at radius 2 is 1.68 bits per heavy atom. The Hall–Kier alpha value is -3.71. The lowest BCUT2D eigenvalue weighted by Gasteiger charge is -2.12. The maximum atomic E-state index is 13.2. The number of rotatable bonds is 5. The molecule has 4 aromatic rings. The number of amides is 1. The monoisotopic (exact) mass is 432 g/mol. The maximum Gasteiger partial charge on any atom is 0.256 e. The van der Waals surface area contributed by atoms with Crippen LogP contribution in [-0.4, -0.2) is 30.2 Å². The number of fused-ring (bicyclic) bond motifs is 1. The predicted octanol–water partition coefficient (Wildman–Crippen LogP) is 4.65. The summed E-state index contributed by atoms with van der Waals surface area (Å²) in [5, 5.41) is 13.5. The van der Waals surface area contributed by atoms with E-state index in [2.05, 4.69) is 10.3 Å². The SMILES string of the molecule is CCS(=O)(=O)c1ccc(O)c(NC(=O)c2cc(-c3ccccc3)nc3ccccc23)c1. The molecule has 0 aliphatic rings. The van der Waals surface area contributed by atoms with E-state index in [0.717, 1.165) is 5.56 Å². The van der Waals surface area contributed by atoms with Gasteiger partial charge in [0.25, 0.3) is 5.91 Å². The van der Waals surface area contributed by atoms with Crippen LogP contribution in [0.25, 0.3) is 22.2 Å². The minimum Gasteiger partial charge on any atom is -0.506 e. The molecule has 0 spiro atoms. The van der Waals surface area contributed by atoms with Gasteiger partial charge in [0.1, 0.15) is 5.75 Å². The molecule has 4 rings (SSSR count). The van der Waals surface area contributed by atoms with Crippen molar-refractivity contribution >= 4 is 32.3 Å². The minimum atomic E-state index is -3.49. The van der Waals surface area contributed by atoms with E-state index in [1.165, 1.54) is 25.1 Å². The molecule has 1 amide bonds. The van der Waals surface area contributed by atoms with Gasteiger partial charge in [0.05, 0.1) is 33.1 Å². The number of para-hydroxylation sites is 1. The summed E-state index contributed by atoms with van der Waals surface area (Å²) >= 11 is 0. The quantitative estimate of drug-likeness (QED) is 0.448. The van der Waals surface area contributed by atoms with Crippen LogP contribution >= 0.6 is 0 Å². The molecule has 156 valence electrons. The average Bonchev–Trinajstić information content (AvgIpc) is 2.80. The van der Waals surface area contributed by atoms with Gasteiger partial charge >= 0.3 is 0 Å². The number of nitrogens with zero attached hydrogens (tertiary/aromatic N) is 1. The first-order chi connectivity index (χ1) is 14.9. The van der Waals surface area contributed by atoms with Gasteiger partial charge in [-0.3, -0.25) is 4.79 Å². The Labute approximate surface area is 180 Å². The van der Waals surface area contributed by atoms with Crippen molar-refractivity contribution in [1.29, 1.82) is 0 Å². The predicted molar refractivity (Wildman–Crippen MR) is 121 cm³/mol. The Morgan fingerprint density at radius 1 is 0.968 bits per heavy atom. The number of sulfone groups is 1. The number of carbonyl (C=O) groups is 1. The van der Waals surface area contributed by atoms with E-state index in [4.69, 9.17) is 0 Å². The molecule has 0 fully saturated rings. The molecule has 1 aromatic heterocycles. The zero-order valence-corrected chi connectivity index (χ0v) is 17.6. The van der Waals surface area contributed by atoms with E-state index >= 15 is 0 Å². The fourth-order valence-electron chi connectivity index (χ4n) is 3.29. The molecule has 6 nitrogen and oxygen atoms in total. The highest BCUT2D eigenvalue weighted by atomic mass is 32.2. The first kappa shape index (κ1) is 20.6. The molecular formula is C24H20N2O4S. The van der Waals surface area contributed by atoms with Crippen LogP contribution in [0.3, 0.4) is 0 Å². The molecule has 31 heavy (non-hydrogen) atoms. The fourth-order valence-corrected chi connectivity index (χ4v) is 4.19. The second kappa shape index (κ2) is 8.20. The summed E-state index contributed by atoms with van der Waals surface area (Å²) in [6.07, 6.45) is 0. The Morgan fingerprint density at radius 3 is 2.42 bits per heavy atom. The molecule has 7 heteroatoms. The van der Waals surface area contributed by atoms with Crippen LogP contribution in [0.15, 0.2) is 83.8 Å². The highest BCUT2D eigenvalue weighted by molar-refractivity contribution is 7.91. The van der Waals surface area contributed by atoms with Crippen molar-refractivity contribution in [3.05, 3.63) is 84.4 Å². The molecule has 0 atom stereocenters. The minimum absolute atomic E-state index is 0.0293. The van der Waals surface area contributed by atoms with Crippen molar-refractivity contribution in [3.63, 3.8) is 0 Å². The van der Waals surface area contributed by atoms with Crippen molar-refractivity contribution in [2.75, 3.05) is 11.1 Å². The summed E-state index contributed by atoms with van der Waals surface area (Å²) in [5.74, 6) is -0.775. The summed E-state index contributed by atoms with van der Waals surface area (Å²) in [5.41, 5.74) is 2.55. The molecule has 0 radical (unpaired) electrons. The average molecular weight is 433 g/mol. The van der Waals surface area contributed by atoms with Crippen LogP contribution in [0, 0.1) is 0 Å². The molecule has 0 aliphatic heterocycles. The number of aromatic nitrogens is 1. The largest absolute Gasteiger partial charge is 0.506 e. The second-order valence-corrected chi connectivity index (χ2v) is 9.25. The molecular weight excluding hydrogens is 412 g/mol. The number of carbonyl (C=O) groups excluding carboxylic acids is 1. The molecule has 0 saturated heterocycles. The maximum absolute atomic E-state index is 13.2. The number of hydrogen-bond acceptors (Lipinski definition) is 5. The zero-order valence-electron chi connectivity index (χ0n) is 16.7. The number of pyridine rings is 1. The van der Waals surface area contributed by atoms with Gasteiger partial charge < -0.3 is 10.4 Å². The van der Waals surface area contributed by atoms with Crippen LogP contribution < -0.4 is 5.32 Å². The van der Waals surface area contributed by atoms with Crippen molar-refractivity contribution in [3.8, 4) is 17.0 Å². The molecule has 0 aliphatic carbocycles. The molecule has 0 unspecified atom stereocenters. The van der Waals surface area contributed by atoms with Gasteiger partial charge in [-0.15, -0.1) is 0 Å². The van der Waals surface area contributed by atoms with Gasteiger partial charge in [-0.2, -0.15) is 0 Å². The summed E-state index contributed by atoms with van der Waals surface area (Å²) in [7, 11) is -3.49. The van der Waals surface area contributed by atoms with Crippen LogP contribution in [0.4, 0.5) is 5.69 Å². The van der Waals surface area contributed by atoms with Gasteiger partial charge in [0.2, 0.25) is 0 Å². The molecule has 1 heterocycles. The lowest BCUT2D eigenvalue weighted by Crippen LogP contribution is -2.14. The smallest absolute Gasteiger partial charge is 0.256 e. The summed E-state index contributed by atoms with van der Waals surface area (Å²) in [6.45, 7) is 1.54. The van der Waals surface area contributed by atoms with Gasteiger partial charge in [0.15, 0.2) is 9.84 Å². The summed E-state index contributed by atoms with van der Waals surface area (Å²) in [4.78, 5) is 17.9. The number of phenolic OH excluding ortho intramolecular Hbond substituents is 1. The first-order valence-electron chi connectivity index (χ1n) is 9.71. The normalized spacial score (nSPS) is 11.4. The Kier molecular flexibility index (Phi) is 5.44. The first-order valence-corrected chi connectivity index (χ1v) is 11.4. The molecule has 3 aromatic carbocycles. The molecule has 2 N–H and O–H groups in total. The van der Waals surface area contributed by atoms with E-state index in [1.54, 1.807) is 12.1 Å². The van der Waals surface area contributed by atoms with Crippen molar-refractivity contribution in [1.82, 2.24) is 4.98 Å². The van der Waals surface area contributed by atoms with Gasteiger partial charge in [-0.1, -0.05) is 55.5 Å². The van der Waals surface area contributed by atoms with E-state index in [0.29, 0.717) is 22.2 Å². The van der Waals surface area contributed by atoms with E-state index in [9.17, 15) is 18.3 Å². The summed E-state index contributed by atoms with van der Waals surface area (Å²) in [6, 6.07) is 22.3. The van der Waals surface area contributed by atoms with Crippen LogP contribution in [0.1, 0.15) is 17.3 Å². The lowest BCUT2D eigenvalue weighted by molar-refractivity contribution is 0.102. The highest BCUT2D eigenvalue weighted by Gasteiger charge is 2.18. The number of phenols is 1. The van der Waals surface area contributed by atoms with Crippen molar-refractivity contribution in [2.24, 2.45) is 0 Å².